The van der Waals surface area contributed by atoms with Crippen molar-refractivity contribution in [1.29, 1.82) is 0 Å². The molecular formula is C26H36O. The van der Waals surface area contributed by atoms with E-state index in [9.17, 15) is 0 Å². The Balaban J connectivity index is 1.33. The lowest BCUT2D eigenvalue weighted by molar-refractivity contribution is -0.124. The average molecular weight is 365 g/mol. The highest BCUT2D eigenvalue weighted by molar-refractivity contribution is 5.15. The predicted molar refractivity (Wildman–Crippen MR) is 111 cm³/mol. The Bertz CT molecular complexity index is 693. The summed E-state index contributed by atoms with van der Waals surface area (Å²) in [6, 6.07) is 10.7. The lowest BCUT2D eigenvalue weighted by atomic mass is 9.46. The minimum Gasteiger partial charge on any atom is -0.373 e. The van der Waals surface area contributed by atoms with Gasteiger partial charge in [0.2, 0.25) is 0 Å². The van der Waals surface area contributed by atoms with Crippen molar-refractivity contribution in [1.82, 2.24) is 0 Å². The Labute approximate surface area is 165 Å². The first-order valence-electron chi connectivity index (χ1n) is 11.4. The Morgan fingerprint density at radius 2 is 1.70 bits per heavy atom. The molecule has 1 heteroatoms. The molecule has 4 aliphatic rings. The summed E-state index contributed by atoms with van der Waals surface area (Å²) in [5.74, 6) is 3.73. The van der Waals surface area contributed by atoms with E-state index in [2.05, 4.69) is 56.3 Å². The summed E-state index contributed by atoms with van der Waals surface area (Å²) < 4.78 is 6.56. The van der Waals surface area contributed by atoms with Crippen LogP contribution >= 0.6 is 0 Å². The van der Waals surface area contributed by atoms with Crippen molar-refractivity contribution in [2.45, 2.75) is 77.9 Å². The first-order valence-corrected chi connectivity index (χ1v) is 11.4. The van der Waals surface area contributed by atoms with Gasteiger partial charge in [-0.05, 0) is 91.4 Å². The summed E-state index contributed by atoms with van der Waals surface area (Å²) >= 11 is 0. The second kappa shape index (κ2) is 6.76. The third-order valence-corrected chi connectivity index (χ3v) is 9.42. The quantitative estimate of drug-likeness (QED) is 0.537. The Morgan fingerprint density at radius 1 is 0.889 bits per heavy atom. The monoisotopic (exact) mass is 364 g/mol. The van der Waals surface area contributed by atoms with Crippen LogP contribution in [0.4, 0.5) is 0 Å². The number of allylic oxidation sites excluding steroid dienone is 2. The molecule has 0 heterocycles. The fourth-order valence-corrected chi connectivity index (χ4v) is 7.83. The molecule has 5 rings (SSSR count). The van der Waals surface area contributed by atoms with Crippen LogP contribution < -0.4 is 0 Å². The summed E-state index contributed by atoms with van der Waals surface area (Å²) in [7, 11) is 0. The van der Waals surface area contributed by atoms with Crippen molar-refractivity contribution < 1.29 is 4.74 Å². The third kappa shape index (κ3) is 2.84. The molecule has 27 heavy (non-hydrogen) atoms. The minimum atomic E-state index is 0.406. The van der Waals surface area contributed by atoms with Gasteiger partial charge in [-0.15, -0.1) is 0 Å². The first-order chi connectivity index (χ1) is 13.1. The van der Waals surface area contributed by atoms with Gasteiger partial charge in [-0.2, -0.15) is 0 Å². The number of benzene rings is 1. The van der Waals surface area contributed by atoms with Crippen molar-refractivity contribution in [2.24, 2.45) is 34.5 Å². The summed E-state index contributed by atoms with van der Waals surface area (Å²) in [6.45, 7) is 6.00. The molecule has 0 aliphatic heterocycles. The highest BCUT2D eigenvalue weighted by atomic mass is 16.5. The second-order valence-corrected chi connectivity index (χ2v) is 10.5. The number of hydrogen-bond acceptors (Lipinski definition) is 1. The maximum absolute atomic E-state index is 6.56. The van der Waals surface area contributed by atoms with Gasteiger partial charge >= 0.3 is 0 Å². The fourth-order valence-electron chi connectivity index (χ4n) is 7.83. The summed E-state index contributed by atoms with van der Waals surface area (Å²) in [5.41, 5.74) is 2.30. The maximum Gasteiger partial charge on any atom is 0.0720 e. The highest BCUT2D eigenvalue weighted by Gasteiger charge is 2.59. The average Bonchev–Trinajstić information content (AvgIpc) is 3.03. The Kier molecular flexibility index (Phi) is 4.50. The van der Waals surface area contributed by atoms with Crippen molar-refractivity contribution in [3.05, 3.63) is 48.0 Å². The molecule has 3 saturated carbocycles. The summed E-state index contributed by atoms with van der Waals surface area (Å²) in [4.78, 5) is 0. The minimum absolute atomic E-state index is 0.406. The van der Waals surface area contributed by atoms with Gasteiger partial charge in [0.1, 0.15) is 0 Å². The van der Waals surface area contributed by atoms with Crippen LogP contribution in [0.25, 0.3) is 0 Å². The van der Waals surface area contributed by atoms with E-state index in [0.717, 1.165) is 30.3 Å². The zero-order valence-electron chi connectivity index (χ0n) is 17.2. The van der Waals surface area contributed by atoms with Gasteiger partial charge in [-0.1, -0.05) is 56.3 Å². The molecule has 0 bridgehead atoms. The number of rotatable bonds is 3. The smallest absolute Gasteiger partial charge is 0.0720 e. The van der Waals surface area contributed by atoms with Gasteiger partial charge in [0.05, 0.1) is 12.7 Å². The second-order valence-electron chi connectivity index (χ2n) is 10.5. The van der Waals surface area contributed by atoms with Crippen LogP contribution in [0, 0.1) is 34.5 Å². The van der Waals surface area contributed by atoms with Gasteiger partial charge < -0.3 is 4.74 Å². The van der Waals surface area contributed by atoms with E-state index in [1.165, 1.54) is 56.9 Å². The standard InChI is InChI=1S/C26H36O/c1-25-16-7-6-10-20(25)11-12-21-22-13-14-24(26(22,2)17-15-23(21)25)27-18-19-8-4-3-5-9-19/h3-9,20-24H,10-18H2,1-2H3/t20-,21+,22-,23+,24+,25+,26+/m1/s1. The molecule has 0 spiro atoms. The van der Waals surface area contributed by atoms with E-state index in [-0.39, 0.29) is 0 Å². The van der Waals surface area contributed by atoms with Gasteiger partial charge in [-0.25, -0.2) is 0 Å². The van der Waals surface area contributed by atoms with Crippen LogP contribution in [0.3, 0.4) is 0 Å². The number of fused-ring (bicyclic) bond motifs is 5. The van der Waals surface area contributed by atoms with E-state index < -0.39 is 0 Å². The molecule has 0 unspecified atom stereocenters. The molecule has 4 aliphatic carbocycles. The molecule has 0 saturated heterocycles. The van der Waals surface area contributed by atoms with Gasteiger partial charge in [0.25, 0.3) is 0 Å². The van der Waals surface area contributed by atoms with Gasteiger partial charge in [0.15, 0.2) is 0 Å². The van der Waals surface area contributed by atoms with Crippen LogP contribution in [0.1, 0.15) is 70.8 Å². The van der Waals surface area contributed by atoms with Crippen LogP contribution in [-0.4, -0.2) is 6.10 Å². The molecule has 0 radical (unpaired) electrons. The molecule has 1 aromatic rings. The number of ether oxygens (including phenoxy) is 1. The van der Waals surface area contributed by atoms with Crippen LogP contribution in [0.15, 0.2) is 42.5 Å². The van der Waals surface area contributed by atoms with Crippen molar-refractivity contribution >= 4 is 0 Å². The van der Waals surface area contributed by atoms with Gasteiger partial charge in [0, 0.05) is 0 Å². The van der Waals surface area contributed by atoms with E-state index >= 15 is 0 Å². The summed E-state index contributed by atoms with van der Waals surface area (Å²) in [6.07, 6.45) is 16.5. The summed E-state index contributed by atoms with van der Waals surface area (Å²) in [5, 5.41) is 0. The third-order valence-electron chi connectivity index (χ3n) is 9.42. The lowest BCUT2D eigenvalue weighted by Gasteiger charge is -2.59. The van der Waals surface area contributed by atoms with Crippen LogP contribution in [0.2, 0.25) is 0 Å². The molecule has 0 aromatic heterocycles. The molecule has 7 atom stereocenters. The van der Waals surface area contributed by atoms with Gasteiger partial charge in [-0.3, -0.25) is 0 Å². The molecule has 0 N–H and O–H groups in total. The van der Waals surface area contributed by atoms with E-state index in [1.54, 1.807) is 0 Å². The van der Waals surface area contributed by atoms with Crippen LogP contribution in [0.5, 0.6) is 0 Å². The predicted octanol–water partition coefficient (Wildman–Crippen LogP) is 6.78. The highest BCUT2D eigenvalue weighted by Crippen LogP contribution is 2.66. The lowest BCUT2D eigenvalue weighted by Crippen LogP contribution is -2.53. The van der Waals surface area contributed by atoms with E-state index in [1.807, 2.05) is 0 Å². The van der Waals surface area contributed by atoms with Crippen molar-refractivity contribution in [3.63, 3.8) is 0 Å². The normalized spacial score (nSPS) is 45.8. The van der Waals surface area contributed by atoms with Crippen LogP contribution in [-0.2, 0) is 11.3 Å². The maximum atomic E-state index is 6.56. The molecule has 146 valence electrons. The molecule has 3 fully saturated rings. The first kappa shape index (κ1) is 18.0. The van der Waals surface area contributed by atoms with E-state index in [4.69, 9.17) is 4.74 Å². The van der Waals surface area contributed by atoms with Crippen molar-refractivity contribution in [2.75, 3.05) is 0 Å². The fraction of sp³-hybridized carbons (Fsp3) is 0.692. The Morgan fingerprint density at radius 3 is 2.56 bits per heavy atom. The van der Waals surface area contributed by atoms with Crippen molar-refractivity contribution in [3.8, 4) is 0 Å². The zero-order chi connectivity index (χ0) is 18.5. The largest absolute Gasteiger partial charge is 0.373 e. The molecular weight excluding hydrogens is 328 g/mol. The van der Waals surface area contributed by atoms with E-state index in [0.29, 0.717) is 16.9 Å². The SMILES string of the molecule is C[C@]12CC=CC[C@@H]1CC[C@H]1[C@H]3CC[C@H](OCc4ccccc4)[C@@]3(C)CC[C@@H]12. The zero-order valence-corrected chi connectivity index (χ0v) is 17.2. The topological polar surface area (TPSA) is 9.23 Å². The Hall–Kier alpha value is -1.08. The molecule has 1 aromatic carbocycles. The molecule has 1 nitrogen and oxygen atoms in total. The number of hydrogen-bond donors (Lipinski definition) is 0. The molecule has 0 amide bonds.